The van der Waals surface area contributed by atoms with Crippen molar-refractivity contribution >= 4 is 0 Å². The van der Waals surface area contributed by atoms with Crippen LogP contribution in [0.1, 0.15) is 41.0 Å². The molecule has 96 valence electrons. The first-order valence-corrected chi connectivity index (χ1v) is 6.37. The summed E-state index contributed by atoms with van der Waals surface area (Å²) in [5, 5.41) is 6.96. The molecular formula is C13H28N2O. The lowest BCUT2D eigenvalue weighted by Gasteiger charge is -2.52. The molecule has 0 amide bonds. The summed E-state index contributed by atoms with van der Waals surface area (Å²) in [6.45, 7) is 12.9. The Hall–Kier alpha value is -0.120. The number of nitrogens with one attached hydrogen (secondary N) is 2. The fourth-order valence-electron chi connectivity index (χ4n) is 2.18. The molecule has 0 heterocycles. The molecule has 1 rings (SSSR count). The Morgan fingerprint density at radius 1 is 1.38 bits per heavy atom. The standard InChI is InChI=1S/C13H28N2O/c1-7-16-11-8-10(13(11,4)5)15-9-12(2,3)14-6/h10-11,14-15H,7-9H2,1-6H3. The predicted octanol–water partition coefficient (Wildman–Crippen LogP) is 1.78. The molecule has 2 unspecified atom stereocenters. The van der Waals surface area contributed by atoms with Crippen LogP contribution in [-0.2, 0) is 4.74 Å². The molecule has 0 aromatic carbocycles. The van der Waals surface area contributed by atoms with E-state index in [2.05, 4.69) is 45.3 Å². The van der Waals surface area contributed by atoms with Crippen LogP contribution in [-0.4, -0.2) is 37.9 Å². The van der Waals surface area contributed by atoms with Crippen molar-refractivity contribution in [2.45, 2.75) is 58.7 Å². The number of hydrogen-bond acceptors (Lipinski definition) is 3. The van der Waals surface area contributed by atoms with Crippen LogP contribution in [0.15, 0.2) is 0 Å². The second-order valence-electron chi connectivity index (χ2n) is 6.07. The van der Waals surface area contributed by atoms with Crippen molar-refractivity contribution in [1.29, 1.82) is 0 Å². The average molecular weight is 228 g/mol. The minimum atomic E-state index is 0.160. The Balaban J connectivity index is 2.36. The minimum absolute atomic E-state index is 0.160. The first-order chi connectivity index (χ1) is 7.33. The maximum Gasteiger partial charge on any atom is 0.0655 e. The molecule has 16 heavy (non-hydrogen) atoms. The van der Waals surface area contributed by atoms with Crippen LogP contribution in [0.3, 0.4) is 0 Å². The third-order valence-corrected chi connectivity index (χ3v) is 4.01. The lowest BCUT2D eigenvalue weighted by atomic mass is 9.64. The van der Waals surface area contributed by atoms with Crippen LogP contribution in [0.5, 0.6) is 0 Å². The molecule has 2 N–H and O–H groups in total. The Morgan fingerprint density at radius 2 is 2.00 bits per heavy atom. The highest BCUT2D eigenvalue weighted by atomic mass is 16.5. The molecule has 3 heteroatoms. The van der Waals surface area contributed by atoms with Crippen molar-refractivity contribution in [3.05, 3.63) is 0 Å². The molecule has 2 atom stereocenters. The highest BCUT2D eigenvalue weighted by Gasteiger charge is 2.48. The highest BCUT2D eigenvalue weighted by Crippen LogP contribution is 2.42. The number of rotatable bonds is 6. The summed E-state index contributed by atoms with van der Waals surface area (Å²) in [5.74, 6) is 0. The summed E-state index contributed by atoms with van der Waals surface area (Å²) >= 11 is 0. The van der Waals surface area contributed by atoms with Crippen molar-refractivity contribution in [3.63, 3.8) is 0 Å². The molecule has 0 aromatic rings. The van der Waals surface area contributed by atoms with Gasteiger partial charge in [0.25, 0.3) is 0 Å². The van der Waals surface area contributed by atoms with E-state index in [1.807, 2.05) is 7.05 Å². The molecule has 1 aliphatic carbocycles. The van der Waals surface area contributed by atoms with E-state index < -0.39 is 0 Å². The van der Waals surface area contributed by atoms with Gasteiger partial charge in [0, 0.05) is 30.1 Å². The Morgan fingerprint density at radius 3 is 2.44 bits per heavy atom. The van der Waals surface area contributed by atoms with Crippen LogP contribution in [0.2, 0.25) is 0 Å². The largest absolute Gasteiger partial charge is 0.378 e. The topological polar surface area (TPSA) is 33.3 Å². The van der Waals surface area contributed by atoms with Crippen molar-refractivity contribution < 1.29 is 4.74 Å². The number of likely N-dealkylation sites (N-methyl/N-ethyl adjacent to an activating group) is 1. The second kappa shape index (κ2) is 5.03. The Kier molecular flexibility index (Phi) is 4.38. The lowest BCUT2D eigenvalue weighted by molar-refractivity contribution is -0.114. The SMILES string of the molecule is CCOC1CC(NCC(C)(C)NC)C1(C)C. The van der Waals surface area contributed by atoms with Gasteiger partial charge in [-0.15, -0.1) is 0 Å². The van der Waals surface area contributed by atoms with Gasteiger partial charge < -0.3 is 15.4 Å². The summed E-state index contributed by atoms with van der Waals surface area (Å²) in [7, 11) is 2.01. The summed E-state index contributed by atoms with van der Waals surface area (Å²) in [4.78, 5) is 0. The van der Waals surface area contributed by atoms with Crippen molar-refractivity contribution in [1.82, 2.24) is 10.6 Å². The predicted molar refractivity (Wildman–Crippen MR) is 68.7 cm³/mol. The fourth-order valence-corrected chi connectivity index (χ4v) is 2.18. The fraction of sp³-hybridized carbons (Fsp3) is 1.00. The molecule has 1 saturated carbocycles. The smallest absolute Gasteiger partial charge is 0.0655 e. The highest BCUT2D eigenvalue weighted by molar-refractivity contribution is 5.03. The molecule has 3 nitrogen and oxygen atoms in total. The zero-order valence-corrected chi connectivity index (χ0v) is 11.7. The molecule has 1 aliphatic rings. The maximum atomic E-state index is 5.73. The maximum absolute atomic E-state index is 5.73. The van der Waals surface area contributed by atoms with Crippen molar-refractivity contribution in [2.24, 2.45) is 5.41 Å². The average Bonchev–Trinajstić information content (AvgIpc) is 2.22. The van der Waals surface area contributed by atoms with Crippen LogP contribution < -0.4 is 10.6 Å². The first kappa shape index (κ1) is 13.9. The van der Waals surface area contributed by atoms with Gasteiger partial charge in [-0.05, 0) is 34.2 Å². The molecule has 0 radical (unpaired) electrons. The zero-order valence-electron chi connectivity index (χ0n) is 11.7. The van der Waals surface area contributed by atoms with Gasteiger partial charge in [-0.3, -0.25) is 0 Å². The molecule has 0 saturated heterocycles. The number of ether oxygens (including phenoxy) is 1. The van der Waals surface area contributed by atoms with Gasteiger partial charge in [0.05, 0.1) is 6.10 Å². The Bertz CT molecular complexity index is 226. The number of hydrogen-bond donors (Lipinski definition) is 2. The van der Waals surface area contributed by atoms with Crippen LogP contribution in [0.25, 0.3) is 0 Å². The summed E-state index contributed by atoms with van der Waals surface area (Å²) in [6.07, 6.45) is 1.56. The van der Waals surface area contributed by atoms with Crippen LogP contribution in [0, 0.1) is 5.41 Å². The van der Waals surface area contributed by atoms with E-state index in [9.17, 15) is 0 Å². The molecule has 0 aliphatic heterocycles. The van der Waals surface area contributed by atoms with E-state index in [0.29, 0.717) is 12.1 Å². The molecule has 0 aromatic heterocycles. The van der Waals surface area contributed by atoms with Crippen molar-refractivity contribution in [2.75, 3.05) is 20.2 Å². The van der Waals surface area contributed by atoms with Gasteiger partial charge in [0.15, 0.2) is 0 Å². The van der Waals surface area contributed by atoms with Gasteiger partial charge >= 0.3 is 0 Å². The van der Waals surface area contributed by atoms with Gasteiger partial charge in [-0.1, -0.05) is 13.8 Å². The summed E-state index contributed by atoms with van der Waals surface area (Å²) < 4.78 is 5.73. The summed E-state index contributed by atoms with van der Waals surface area (Å²) in [5.41, 5.74) is 0.423. The normalized spacial score (nSPS) is 28.9. The van der Waals surface area contributed by atoms with Gasteiger partial charge in [0.1, 0.15) is 0 Å². The van der Waals surface area contributed by atoms with E-state index in [0.717, 1.165) is 19.6 Å². The van der Waals surface area contributed by atoms with Crippen LogP contribution in [0.4, 0.5) is 0 Å². The second-order valence-corrected chi connectivity index (χ2v) is 6.07. The monoisotopic (exact) mass is 228 g/mol. The van der Waals surface area contributed by atoms with Gasteiger partial charge in [-0.25, -0.2) is 0 Å². The molecule has 0 bridgehead atoms. The van der Waals surface area contributed by atoms with Crippen molar-refractivity contribution in [3.8, 4) is 0 Å². The third-order valence-electron chi connectivity index (χ3n) is 4.01. The zero-order chi connectivity index (χ0) is 12.4. The van der Waals surface area contributed by atoms with E-state index >= 15 is 0 Å². The van der Waals surface area contributed by atoms with Gasteiger partial charge in [-0.2, -0.15) is 0 Å². The van der Waals surface area contributed by atoms with Gasteiger partial charge in [0.2, 0.25) is 0 Å². The first-order valence-electron chi connectivity index (χ1n) is 6.37. The van der Waals surface area contributed by atoms with E-state index in [-0.39, 0.29) is 11.0 Å². The van der Waals surface area contributed by atoms with E-state index in [1.54, 1.807) is 0 Å². The van der Waals surface area contributed by atoms with Crippen LogP contribution >= 0.6 is 0 Å². The van der Waals surface area contributed by atoms with E-state index in [4.69, 9.17) is 4.74 Å². The minimum Gasteiger partial charge on any atom is -0.378 e. The van der Waals surface area contributed by atoms with E-state index in [1.165, 1.54) is 0 Å². The quantitative estimate of drug-likeness (QED) is 0.727. The Labute approximate surface area is 100 Å². The molecular weight excluding hydrogens is 200 g/mol. The molecule has 1 fully saturated rings. The lowest BCUT2D eigenvalue weighted by Crippen LogP contribution is -2.63. The third kappa shape index (κ3) is 2.96. The molecule has 0 spiro atoms. The summed E-state index contributed by atoms with van der Waals surface area (Å²) in [6, 6.07) is 0.580.